The molecule has 3 aromatic rings. The number of nitrogens with one attached hydrogen (secondary N) is 3. The van der Waals surface area contributed by atoms with E-state index in [1.807, 2.05) is 24.3 Å². The second-order valence-corrected chi connectivity index (χ2v) is 11.8. The first-order chi connectivity index (χ1) is 18.0. The van der Waals surface area contributed by atoms with Crippen LogP contribution in [0.1, 0.15) is 30.4 Å². The Morgan fingerprint density at radius 3 is 2.58 bits per heavy atom. The van der Waals surface area contributed by atoms with Gasteiger partial charge in [-0.2, -0.15) is 4.98 Å². The van der Waals surface area contributed by atoms with E-state index >= 15 is 0 Å². The molecule has 1 aromatic heterocycles. The van der Waals surface area contributed by atoms with Crippen LogP contribution < -0.4 is 15.4 Å². The zero-order valence-electron chi connectivity index (χ0n) is 20.6. The van der Waals surface area contributed by atoms with Gasteiger partial charge in [-0.05, 0) is 70.8 Å². The quantitative estimate of drug-likeness (QED) is 0.195. The van der Waals surface area contributed by atoms with E-state index in [4.69, 9.17) is 4.42 Å². The van der Waals surface area contributed by atoms with E-state index in [1.165, 1.54) is 0 Å². The largest absolute Gasteiger partial charge is 0.446 e. The molecule has 206 valence electrons. The standard InChI is InChI=1S/C25H29F2IN4O5S/c1-2-6-38(35,36)32-23-15-37-25(31-23)12-24(34)30-21(10-17-7-18(26)11-19(27)8-17)22(33)14-29-13-16-4-3-5-20(28)9-16/h3-5,7-9,11,15,21-22,29,32-33H,2,6,10,12-14H2,1H3,(H,30,34)/t21-,22+/m0/s1. The molecular weight excluding hydrogens is 633 g/mol. The van der Waals surface area contributed by atoms with Crippen molar-refractivity contribution in [3.8, 4) is 0 Å². The molecule has 0 spiro atoms. The number of hydrogen-bond acceptors (Lipinski definition) is 7. The maximum atomic E-state index is 13.7. The predicted molar refractivity (Wildman–Crippen MR) is 147 cm³/mol. The van der Waals surface area contributed by atoms with E-state index in [0.29, 0.717) is 13.0 Å². The minimum absolute atomic E-state index is 0.0415. The summed E-state index contributed by atoms with van der Waals surface area (Å²) in [5, 5.41) is 16.7. The Morgan fingerprint density at radius 1 is 1.16 bits per heavy atom. The summed E-state index contributed by atoms with van der Waals surface area (Å²) in [7, 11) is -3.58. The average Bonchev–Trinajstić information content (AvgIpc) is 3.23. The molecule has 2 aromatic carbocycles. The van der Waals surface area contributed by atoms with Crippen molar-refractivity contribution < 1.29 is 31.5 Å². The van der Waals surface area contributed by atoms with E-state index in [-0.39, 0.29) is 42.4 Å². The second kappa shape index (κ2) is 14.0. The molecule has 0 saturated carbocycles. The van der Waals surface area contributed by atoms with Crippen LogP contribution in [0.5, 0.6) is 0 Å². The van der Waals surface area contributed by atoms with Gasteiger partial charge in [-0.1, -0.05) is 19.1 Å². The zero-order chi connectivity index (χ0) is 27.7. The zero-order valence-corrected chi connectivity index (χ0v) is 23.6. The van der Waals surface area contributed by atoms with E-state index in [9.17, 15) is 27.1 Å². The van der Waals surface area contributed by atoms with Crippen molar-refractivity contribution in [3.05, 3.63) is 80.9 Å². The first kappa shape index (κ1) is 29.9. The van der Waals surface area contributed by atoms with Crippen molar-refractivity contribution in [1.29, 1.82) is 0 Å². The van der Waals surface area contributed by atoms with Gasteiger partial charge in [0.05, 0.1) is 17.9 Å². The first-order valence-electron chi connectivity index (χ1n) is 11.9. The molecule has 0 aliphatic rings. The Labute approximate surface area is 233 Å². The number of aliphatic hydroxyl groups excluding tert-OH is 1. The smallest absolute Gasteiger partial charge is 0.233 e. The Balaban J connectivity index is 1.65. The Morgan fingerprint density at radius 2 is 1.89 bits per heavy atom. The molecule has 0 aliphatic heterocycles. The molecule has 0 radical (unpaired) electrons. The van der Waals surface area contributed by atoms with Gasteiger partial charge in [-0.3, -0.25) is 9.52 Å². The van der Waals surface area contributed by atoms with Gasteiger partial charge in [-0.25, -0.2) is 17.2 Å². The summed E-state index contributed by atoms with van der Waals surface area (Å²) in [5.41, 5.74) is 1.26. The molecule has 0 bridgehead atoms. The SMILES string of the molecule is CCCS(=O)(=O)Nc1coc(CC(=O)N[C@@H](Cc2cc(F)cc(F)c2)[C@H](O)CNCc2cccc(I)c2)n1. The van der Waals surface area contributed by atoms with Crippen LogP contribution >= 0.6 is 22.6 Å². The summed E-state index contributed by atoms with van der Waals surface area (Å²) in [6.45, 7) is 2.28. The van der Waals surface area contributed by atoms with E-state index in [0.717, 1.165) is 33.6 Å². The van der Waals surface area contributed by atoms with Crippen molar-refractivity contribution in [3.63, 3.8) is 0 Å². The Hall–Kier alpha value is -2.62. The number of carbonyl (C=O) groups is 1. The molecule has 2 atom stereocenters. The number of anilines is 1. The van der Waals surface area contributed by atoms with Crippen LogP contribution in [0.25, 0.3) is 0 Å². The van der Waals surface area contributed by atoms with Crippen LogP contribution in [0.3, 0.4) is 0 Å². The molecule has 0 aliphatic carbocycles. The minimum atomic E-state index is -3.58. The van der Waals surface area contributed by atoms with E-state index in [2.05, 4.69) is 42.9 Å². The van der Waals surface area contributed by atoms with Gasteiger partial charge in [0.1, 0.15) is 24.3 Å². The van der Waals surface area contributed by atoms with Gasteiger partial charge in [-0.15, -0.1) is 0 Å². The molecule has 13 heteroatoms. The molecule has 3 rings (SSSR count). The molecule has 1 heterocycles. The summed E-state index contributed by atoms with van der Waals surface area (Å²) in [5.74, 6) is -2.30. The van der Waals surface area contributed by atoms with E-state index in [1.54, 1.807) is 6.92 Å². The number of rotatable bonds is 14. The first-order valence-corrected chi connectivity index (χ1v) is 14.6. The molecule has 0 fully saturated rings. The van der Waals surface area contributed by atoms with Crippen molar-refractivity contribution in [2.24, 2.45) is 0 Å². The monoisotopic (exact) mass is 662 g/mol. The highest BCUT2D eigenvalue weighted by Gasteiger charge is 2.23. The normalized spacial score (nSPS) is 13.2. The fourth-order valence-electron chi connectivity index (χ4n) is 3.73. The van der Waals surface area contributed by atoms with Crippen LogP contribution in [0.15, 0.2) is 53.1 Å². The highest BCUT2D eigenvalue weighted by Crippen LogP contribution is 2.14. The number of aromatic nitrogens is 1. The summed E-state index contributed by atoms with van der Waals surface area (Å²) < 4.78 is 59.8. The van der Waals surface area contributed by atoms with Gasteiger partial charge in [0.2, 0.25) is 21.8 Å². The average molecular weight is 662 g/mol. The van der Waals surface area contributed by atoms with E-state index < -0.39 is 39.7 Å². The number of benzene rings is 2. The number of carbonyl (C=O) groups excluding carboxylic acids is 1. The van der Waals surface area contributed by atoms with Crippen molar-refractivity contribution in [2.75, 3.05) is 17.0 Å². The van der Waals surface area contributed by atoms with Crippen LogP contribution in [0.4, 0.5) is 14.6 Å². The molecule has 9 nitrogen and oxygen atoms in total. The third kappa shape index (κ3) is 9.93. The summed E-state index contributed by atoms with van der Waals surface area (Å²) in [6, 6.07) is 9.91. The maximum Gasteiger partial charge on any atom is 0.233 e. The fraction of sp³-hybridized carbons (Fsp3) is 0.360. The van der Waals surface area contributed by atoms with Gasteiger partial charge >= 0.3 is 0 Å². The lowest BCUT2D eigenvalue weighted by atomic mass is 10.0. The van der Waals surface area contributed by atoms with Gasteiger partial charge in [0.15, 0.2) is 5.82 Å². The molecule has 0 unspecified atom stereocenters. The number of nitrogens with zero attached hydrogens (tertiary/aromatic N) is 1. The van der Waals surface area contributed by atoms with Crippen LogP contribution in [-0.2, 0) is 34.2 Å². The Bertz CT molecular complexity index is 1320. The molecule has 0 saturated heterocycles. The molecule has 38 heavy (non-hydrogen) atoms. The Kier molecular flexibility index (Phi) is 11.0. The van der Waals surface area contributed by atoms with Crippen LogP contribution in [0, 0.1) is 15.2 Å². The maximum absolute atomic E-state index is 13.7. The number of hydrogen-bond donors (Lipinski definition) is 4. The summed E-state index contributed by atoms with van der Waals surface area (Å²) in [6.07, 6.45) is 0.0218. The highest BCUT2D eigenvalue weighted by atomic mass is 127. The van der Waals surface area contributed by atoms with Crippen LogP contribution in [-0.4, -0.2) is 48.9 Å². The number of sulfonamides is 1. The summed E-state index contributed by atoms with van der Waals surface area (Å²) >= 11 is 2.20. The van der Waals surface area contributed by atoms with Crippen molar-refractivity contribution in [1.82, 2.24) is 15.6 Å². The lowest BCUT2D eigenvalue weighted by Crippen LogP contribution is -2.49. The third-order valence-corrected chi connectivity index (χ3v) is 7.49. The highest BCUT2D eigenvalue weighted by molar-refractivity contribution is 14.1. The van der Waals surface area contributed by atoms with Gasteiger partial charge in [0, 0.05) is 22.7 Å². The lowest BCUT2D eigenvalue weighted by Gasteiger charge is -2.25. The minimum Gasteiger partial charge on any atom is -0.446 e. The number of aliphatic hydroxyl groups is 1. The molecular formula is C25H29F2IN4O5S. The molecule has 1 amide bonds. The fourth-order valence-corrected chi connectivity index (χ4v) is 5.39. The topological polar surface area (TPSA) is 134 Å². The lowest BCUT2D eigenvalue weighted by molar-refractivity contribution is -0.122. The third-order valence-electron chi connectivity index (χ3n) is 5.36. The number of halogens is 3. The number of amides is 1. The predicted octanol–water partition coefficient (Wildman–Crippen LogP) is 3.13. The van der Waals surface area contributed by atoms with Crippen molar-refractivity contribution >= 4 is 44.3 Å². The van der Waals surface area contributed by atoms with Gasteiger partial charge in [0.25, 0.3) is 0 Å². The van der Waals surface area contributed by atoms with Gasteiger partial charge < -0.3 is 20.2 Å². The summed E-state index contributed by atoms with van der Waals surface area (Å²) in [4.78, 5) is 16.7. The number of oxazole rings is 1. The molecule has 4 N–H and O–H groups in total. The van der Waals surface area contributed by atoms with Crippen molar-refractivity contribution in [2.45, 2.75) is 44.9 Å². The van der Waals surface area contributed by atoms with Crippen LogP contribution in [0.2, 0.25) is 0 Å². The second-order valence-electron chi connectivity index (χ2n) is 8.71.